The SMILES string of the molecule is CCc1cccc(Nc2ncnc3cc(OCCOC)c(OCCOC)cc23)c1.Cl. The fourth-order valence-electron chi connectivity index (χ4n) is 2.86. The van der Waals surface area contributed by atoms with Crippen LogP contribution in [0.5, 0.6) is 11.5 Å². The van der Waals surface area contributed by atoms with E-state index in [1.807, 2.05) is 24.3 Å². The molecule has 8 heteroatoms. The number of aryl methyl sites for hydroxylation is 1. The Kier molecular flexibility index (Phi) is 9.60. The summed E-state index contributed by atoms with van der Waals surface area (Å²) in [6.45, 7) is 3.93. The molecular formula is C22H28ClN3O4. The molecule has 0 bridgehead atoms. The number of hydrogen-bond donors (Lipinski definition) is 1. The van der Waals surface area contributed by atoms with Crippen molar-refractivity contribution in [2.75, 3.05) is 46.0 Å². The second kappa shape index (κ2) is 12.2. The van der Waals surface area contributed by atoms with Crippen LogP contribution in [0.4, 0.5) is 11.5 Å². The van der Waals surface area contributed by atoms with Crippen molar-refractivity contribution >= 4 is 34.8 Å². The third-order valence-corrected chi connectivity index (χ3v) is 4.39. The highest BCUT2D eigenvalue weighted by molar-refractivity contribution is 5.93. The lowest BCUT2D eigenvalue weighted by Gasteiger charge is -2.15. The van der Waals surface area contributed by atoms with Crippen LogP contribution in [0.1, 0.15) is 12.5 Å². The quantitative estimate of drug-likeness (QED) is 0.449. The molecule has 30 heavy (non-hydrogen) atoms. The van der Waals surface area contributed by atoms with Crippen molar-refractivity contribution in [3.05, 3.63) is 48.3 Å². The third kappa shape index (κ3) is 6.19. The average Bonchev–Trinajstić information content (AvgIpc) is 2.75. The number of methoxy groups -OCH3 is 2. The molecule has 0 amide bonds. The van der Waals surface area contributed by atoms with E-state index < -0.39 is 0 Å². The molecular weight excluding hydrogens is 406 g/mol. The van der Waals surface area contributed by atoms with E-state index >= 15 is 0 Å². The fraction of sp³-hybridized carbons (Fsp3) is 0.364. The molecule has 1 aromatic heterocycles. The fourth-order valence-corrected chi connectivity index (χ4v) is 2.86. The van der Waals surface area contributed by atoms with E-state index in [4.69, 9.17) is 18.9 Å². The molecule has 0 atom stereocenters. The van der Waals surface area contributed by atoms with Crippen LogP contribution < -0.4 is 14.8 Å². The maximum atomic E-state index is 5.88. The second-order valence-electron chi connectivity index (χ2n) is 6.40. The van der Waals surface area contributed by atoms with E-state index in [2.05, 4.69) is 34.3 Å². The van der Waals surface area contributed by atoms with Crippen LogP contribution in [0.15, 0.2) is 42.7 Å². The largest absolute Gasteiger partial charge is 0.487 e. The lowest BCUT2D eigenvalue weighted by Crippen LogP contribution is -2.09. The van der Waals surface area contributed by atoms with Gasteiger partial charge in [0.25, 0.3) is 0 Å². The van der Waals surface area contributed by atoms with Gasteiger partial charge in [0, 0.05) is 31.4 Å². The van der Waals surface area contributed by atoms with Crippen LogP contribution in [-0.4, -0.2) is 50.6 Å². The van der Waals surface area contributed by atoms with Gasteiger partial charge >= 0.3 is 0 Å². The number of hydrogen-bond acceptors (Lipinski definition) is 7. The van der Waals surface area contributed by atoms with Gasteiger partial charge in [-0.1, -0.05) is 19.1 Å². The maximum absolute atomic E-state index is 5.88. The van der Waals surface area contributed by atoms with E-state index in [9.17, 15) is 0 Å². The van der Waals surface area contributed by atoms with E-state index in [0.717, 1.165) is 23.0 Å². The molecule has 0 radical (unpaired) electrons. The molecule has 2 aromatic carbocycles. The number of nitrogens with zero attached hydrogens (tertiary/aromatic N) is 2. The number of ether oxygens (including phenoxy) is 4. The third-order valence-electron chi connectivity index (χ3n) is 4.39. The second-order valence-corrected chi connectivity index (χ2v) is 6.40. The Morgan fingerprint density at radius 3 is 2.23 bits per heavy atom. The molecule has 0 aliphatic rings. The zero-order valence-electron chi connectivity index (χ0n) is 17.5. The summed E-state index contributed by atoms with van der Waals surface area (Å²) in [5.74, 6) is 1.94. The summed E-state index contributed by atoms with van der Waals surface area (Å²) in [7, 11) is 3.28. The van der Waals surface area contributed by atoms with Gasteiger partial charge in [-0.2, -0.15) is 0 Å². The number of rotatable bonds is 11. The molecule has 0 saturated heterocycles. The lowest BCUT2D eigenvalue weighted by atomic mass is 10.1. The minimum Gasteiger partial charge on any atom is -0.487 e. The summed E-state index contributed by atoms with van der Waals surface area (Å²) in [5, 5.41) is 4.24. The van der Waals surface area contributed by atoms with E-state index in [1.165, 1.54) is 5.56 Å². The predicted octanol–water partition coefficient (Wildman–Crippen LogP) is 4.41. The van der Waals surface area contributed by atoms with Crippen molar-refractivity contribution in [1.29, 1.82) is 0 Å². The van der Waals surface area contributed by atoms with Gasteiger partial charge in [-0.3, -0.25) is 0 Å². The van der Waals surface area contributed by atoms with Crippen molar-refractivity contribution in [3.8, 4) is 11.5 Å². The van der Waals surface area contributed by atoms with Gasteiger partial charge in [-0.05, 0) is 30.2 Å². The highest BCUT2D eigenvalue weighted by atomic mass is 35.5. The summed E-state index contributed by atoms with van der Waals surface area (Å²) in [4.78, 5) is 8.84. The molecule has 0 saturated carbocycles. The first-order chi connectivity index (χ1) is 14.2. The number of nitrogens with one attached hydrogen (secondary N) is 1. The molecule has 0 unspecified atom stereocenters. The number of anilines is 2. The molecule has 3 aromatic rings. The molecule has 0 spiro atoms. The highest BCUT2D eigenvalue weighted by Gasteiger charge is 2.13. The van der Waals surface area contributed by atoms with Crippen molar-refractivity contribution < 1.29 is 18.9 Å². The summed E-state index contributed by atoms with van der Waals surface area (Å²) in [6, 6.07) is 12.0. The zero-order chi connectivity index (χ0) is 20.5. The van der Waals surface area contributed by atoms with E-state index in [0.29, 0.717) is 43.7 Å². The molecule has 0 aliphatic carbocycles. The number of benzene rings is 2. The summed E-state index contributed by atoms with van der Waals surface area (Å²) >= 11 is 0. The molecule has 0 aliphatic heterocycles. The van der Waals surface area contributed by atoms with Crippen LogP contribution in [0.25, 0.3) is 10.9 Å². The first kappa shape index (κ1) is 23.7. The Morgan fingerprint density at radius 2 is 1.57 bits per heavy atom. The van der Waals surface area contributed by atoms with Gasteiger partial charge in [-0.25, -0.2) is 9.97 Å². The predicted molar refractivity (Wildman–Crippen MR) is 121 cm³/mol. The maximum Gasteiger partial charge on any atom is 0.163 e. The number of aromatic nitrogens is 2. The monoisotopic (exact) mass is 433 g/mol. The zero-order valence-corrected chi connectivity index (χ0v) is 18.3. The normalized spacial score (nSPS) is 10.5. The van der Waals surface area contributed by atoms with Crippen molar-refractivity contribution in [2.24, 2.45) is 0 Å². The lowest BCUT2D eigenvalue weighted by molar-refractivity contribution is 0.132. The summed E-state index contributed by atoms with van der Waals surface area (Å²) < 4.78 is 21.9. The molecule has 0 fully saturated rings. The van der Waals surface area contributed by atoms with Crippen molar-refractivity contribution in [1.82, 2.24) is 9.97 Å². The Labute approximate surface area is 183 Å². The molecule has 7 nitrogen and oxygen atoms in total. The number of fused-ring (bicyclic) bond motifs is 1. The minimum atomic E-state index is 0. The van der Waals surface area contributed by atoms with Crippen LogP contribution in [0, 0.1) is 0 Å². The average molecular weight is 434 g/mol. The van der Waals surface area contributed by atoms with Crippen LogP contribution in [0.2, 0.25) is 0 Å². The highest BCUT2D eigenvalue weighted by Crippen LogP contribution is 2.35. The van der Waals surface area contributed by atoms with Gasteiger partial charge in [0.2, 0.25) is 0 Å². The topological polar surface area (TPSA) is 74.7 Å². The molecule has 3 rings (SSSR count). The molecule has 1 heterocycles. The van der Waals surface area contributed by atoms with Crippen LogP contribution in [-0.2, 0) is 15.9 Å². The first-order valence-corrected chi connectivity index (χ1v) is 9.63. The smallest absolute Gasteiger partial charge is 0.163 e. The van der Waals surface area contributed by atoms with Gasteiger partial charge in [-0.15, -0.1) is 12.4 Å². The van der Waals surface area contributed by atoms with E-state index in [-0.39, 0.29) is 12.4 Å². The van der Waals surface area contributed by atoms with Crippen molar-refractivity contribution in [2.45, 2.75) is 13.3 Å². The van der Waals surface area contributed by atoms with Gasteiger partial charge in [0.05, 0.1) is 18.7 Å². The van der Waals surface area contributed by atoms with Crippen molar-refractivity contribution in [3.63, 3.8) is 0 Å². The Balaban J connectivity index is 0.00000320. The van der Waals surface area contributed by atoms with Crippen LogP contribution in [0.3, 0.4) is 0 Å². The minimum absolute atomic E-state index is 0. The Morgan fingerprint density at radius 1 is 0.867 bits per heavy atom. The molecule has 1 N–H and O–H groups in total. The van der Waals surface area contributed by atoms with Gasteiger partial charge in [0.1, 0.15) is 25.4 Å². The Bertz CT molecular complexity index is 939. The van der Waals surface area contributed by atoms with E-state index in [1.54, 1.807) is 20.5 Å². The van der Waals surface area contributed by atoms with Gasteiger partial charge in [0.15, 0.2) is 11.5 Å². The molecule has 162 valence electrons. The summed E-state index contributed by atoms with van der Waals surface area (Å²) in [6.07, 6.45) is 2.51. The van der Waals surface area contributed by atoms with Gasteiger partial charge < -0.3 is 24.3 Å². The first-order valence-electron chi connectivity index (χ1n) is 9.63. The Hall–Kier alpha value is -2.61. The summed E-state index contributed by atoms with van der Waals surface area (Å²) in [5.41, 5.74) is 3.00. The standard InChI is InChI=1S/C22H27N3O4.ClH/c1-4-16-6-5-7-17(12-16)25-22-18-13-20(28-10-8-26-2)21(29-11-9-27-3)14-19(18)23-15-24-22;/h5-7,12-15H,4,8-11H2,1-3H3,(H,23,24,25);1H. The number of halogens is 1. The van der Waals surface area contributed by atoms with Crippen LogP contribution >= 0.6 is 12.4 Å².